The number of hydrogen-bond donors (Lipinski definition) is 1. The Morgan fingerprint density at radius 3 is 2.75 bits per heavy atom. The summed E-state index contributed by atoms with van der Waals surface area (Å²) in [5.74, 6) is 2.29. The van der Waals surface area contributed by atoms with E-state index in [2.05, 4.69) is 18.0 Å². The number of likely N-dealkylation sites (N-methyl/N-ethyl adjacent to an activating group) is 1. The maximum atomic E-state index is 10.9. The topological polar surface area (TPSA) is 51.2 Å². The molecular formula is C19H19NO4. The first-order chi connectivity index (χ1) is 11.7. The molecule has 24 heavy (non-hydrogen) atoms. The second kappa shape index (κ2) is 4.80. The molecule has 1 aliphatic carbocycles. The molecule has 5 heteroatoms. The van der Waals surface area contributed by atoms with Crippen LogP contribution in [0.1, 0.15) is 22.7 Å². The van der Waals surface area contributed by atoms with Crippen LogP contribution in [0.2, 0.25) is 0 Å². The van der Waals surface area contributed by atoms with E-state index in [0.717, 1.165) is 42.0 Å². The summed E-state index contributed by atoms with van der Waals surface area (Å²) in [6.07, 6.45) is 1.88. The van der Waals surface area contributed by atoms with Crippen LogP contribution >= 0.6 is 0 Å². The van der Waals surface area contributed by atoms with Crippen LogP contribution in [0.5, 0.6) is 23.0 Å². The third-order valence-electron chi connectivity index (χ3n) is 5.49. The van der Waals surface area contributed by atoms with Crippen molar-refractivity contribution in [3.63, 3.8) is 0 Å². The first kappa shape index (κ1) is 14.0. The average Bonchev–Trinajstić information content (AvgIpc) is 3.04. The van der Waals surface area contributed by atoms with Gasteiger partial charge in [-0.05, 0) is 60.3 Å². The number of nitrogens with zero attached hydrogens (tertiary/aromatic N) is 1. The van der Waals surface area contributed by atoms with Gasteiger partial charge in [0, 0.05) is 18.2 Å². The average molecular weight is 325 g/mol. The van der Waals surface area contributed by atoms with Gasteiger partial charge >= 0.3 is 0 Å². The summed E-state index contributed by atoms with van der Waals surface area (Å²) in [6.45, 7) is 1.26. The van der Waals surface area contributed by atoms with Gasteiger partial charge in [0.05, 0.1) is 7.11 Å². The second-order valence-corrected chi connectivity index (χ2v) is 6.69. The highest BCUT2D eigenvalue weighted by atomic mass is 16.7. The van der Waals surface area contributed by atoms with E-state index in [1.807, 2.05) is 12.1 Å². The molecule has 0 saturated heterocycles. The van der Waals surface area contributed by atoms with Crippen LogP contribution in [0.15, 0.2) is 18.2 Å². The fourth-order valence-electron chi connectivity index (χ4n) is 4.26. The SMILES string of the molecule is COc1cc2c3c(c1O)-c1cc4c(cc1CC3N(C)CC2)OCO4. The molecule has 0 spiro atoms. The lowest BCUT2D eigenvalue weighted by atomic mass is 9.76. The molecule has 1 atom stereocenters. The third kappa shape index (κ3) is 1.73. The number of ether oxygens (including phenoxy) is 3. The molecule has 2 aromatic carbocycles. The number of methoxy groups -OCH3 is 1. The molecule has 124 valence electrons. The summed E-state index contributed by atoms with van der Waals surface area (Å²) >= 11 is 0. The number of rotatable bonds is 1. The summed E-state index contributed by atoms with van der Waals surface area (Å²) in [5.41, 5.74) is 5.60. The Hall–Kier alpha value is -2.40. The van der Waals surface area contributed by atoms with Gasteiger partial charge < -0.3 is 19.3 Å². The number of phenols is 1. The van der Waals surface area contributed by atoms with Gasteiger partial charge in [0.1, 0.15) is 0 Å². The van der Waals surface area contributed by atoms with Crippen molar-refractivity contribution in [3.05, 3.63) is 34.9 Å². The molecule has 5 nitrogen and oxygen atoms in total. The van der Waals surface area contributed by atoms with Crippen LogP contribution in [0.3, 0.4) is 0 Å². The van der Waals surface area contributed by atoms with Crippen molar-refractivity contribution in [2.45, 2.75) is 18.9 Å². The maximum Gasteiger partial charge on any atom is 0.231 e. The predicted molar refractivity (Wildman–Crippen MR) is 89.0 cm³/mol. The van der Waals surface area contributed by atoms with Crippen molar-refractivity contribution < 1.29 is 19.3 Å². The maximum absolute atomic E-state index is 10.9. The zero-order valence-electron chi connectivity index (χ0n) is 13.8. The summed E-state index contributed by atoms with van der Waals surface area (Å²) in [6, 6.07) is 6.32. The Bertz CT molecular complexity index is 861. The van der Waals surface area contributed by atoms with Crippen molar-refractivity contribution in [2.24, 2.45) is 0 Å². The monoisotopic (exact) mass is 325 g/mol. The molecule has 2 heterocycles. The molecule has 0 saturated carbocycles. The van der Waals surface area contributed by atoms with Crippen molar-refractivity contribution in [1.82, 2.24) is 4.90 Å². The standard InChI is InChI=1S/C19H19NO4/c1-20-4-3-10-6-16(22-2)19(21)18-12-8-15-14(23-9-24-15)7-11(12)5-13(20)17(10)18/h6-8,13,21H,3-5,9H2,1-2H3. The highest BCUT2D eigenvalue weighted by Gasteiger charge is 2.36. The Morgan fingerprint density at radius 1 is 1.17 bits per heavy atom. The van der Waals surface area contributed by atoms with E-state index in [0.29, 0.717) is 5.75 Å². The summed E-state index contributed by atoms with van der Waals surface area (Å²) < 4.78 is 16.5. The normalized spacial score (nSPS) is 20.5. The predicted octanol–water partition coefficient (Wildman–Crippen LogP) is 2.88. The molecule has 0 fully saturated rings. The lowest BCUT2D eigenvalue weighted by Crippen LogP contribution is -2.35. The minimum absolute atomic E-state index is 0.219. The zero-order chi connectivity index (χ0) is 16.4. The third-order valence-corrected chi connectivity index (χ3v) is 5.49. The van der Waals surface area contributed by atoms with Gasteiger partial charge in [0.2, 0.25) is 6.79 Å². The molecule has 5 rings (SSSR count). The minimum atomic E-state index is 0.219. The lowest BCUT2D eigenvalue weighted by Gasteiger charge is -2.40. The fraction of sp³-hybridized carbons (Fsp3) is 0.368. The molecule has 0 aromatic heterocycles. The van der Waals surface area contributed by atoms with Crippen molar-refractivity contribution >= 4 is 0 Å². The molecule has 2 aromatic rings. The van der Waals surface area contributed by atoms with E-state index >= 15 is 0 Å². The van der Waals surface area contributed by atoms with Crippen LogP contribution in [0.25, 0.3) is 11.1 Å². The van der Waals surface area contributed by atoms with Crippen LogP contribution in [0, 0.1) is 0 Å². The Kier molecular flexibility index (Phi) is 2.80. The smallest absolute Gasteiger partial charge is 0.231 e. The number of phenolic OH excluding ortho intramolecular Hbond substituents is 1. The molecule has 1 N–H and O–H groups in total. The van der Waals surface area contributed by atoms with E-state index in [-0.39, 0.29) is 18.6 Å². The lowest BCUT2D eigenvalue weighted by molar-refractivity contribution is 0.174. The second-order valence-electron chi connectivity index (χ2n) is 6.69. The Labute approximate surface area is 140 Å². The first-order valence-electron chi connectivity index (χ1n) is 8.23. The van der Waals surface area contributed by atoms with Crippen molar-refractivity contribution in [3.8, 4) is 34.1 Å². The van der Waals surface area contributed by atoms with Crippen molar-refractivity contribution in [2.75, 3.05) is 27.5 Å². The van der Waals surface area contributed by atoms with Gasteiger partial charge in [0.25, 0.3) is 0 Å². The molecule has 0 bridgehead atoms. The van der Waals surface area contributed by atoms with Crippen LogP contribution in [-0.2, 0) is 12.8 Å². The van der Waals surface area contributed by atoms with Gasteiger partial charge in [0.15, 0.2) is 23.0 Å². The molecule has 0 amide bonds. The molecule has 2 aliphatic heterocycles. The summed E-state index contributed by atoms with van der Waals surface area (Å²) in [5, 5.41) is 10.9. The van der Waals surface area contributed by atoms with Gasteiger partial charge in [-0.3, -0.25) is 4.90 Å². The summed E-state index contributed by atoms with van der Waals surface area (Å²) in [4.78, 5) is 2.37. The number of aromatic hydroxyl groups is 1. The zero-order valence-corrected chi connectivity index (χ0v) is 13.8. The molecular weight excluding hydrogens is 306 g/mol. The number of benzene rings is 2. The van der Waals surface area contributed by atoms with Gasteiger partial charge in [-0.25, -0.2) is 0 Å². The first-order valence-corrected chi connectivity index (χ1v) is 8.23. The van der Waals surface area contributed by atoms with Crippen molar-refractivity contribution in [1.29, 1.82) is 0 Å². The van der Waals surface area contributed by atoms with E-state index in [9.17, 15) is 5.11 Å². The van der Waals surface area contributed by atoms with E-state index in [1.54, 1.807) is 7.11 Å². The minimum Gasteiger partial charge on any atom is -0.504 e. The van der Waals surface area contributed by atoms with E-state index in [4.69, 9.17) is 14.2 Å². The van der Waals surface area contributed by atoms with E-state index in [1.165, 1.54) is 16.7 Å². The number of hydrogen-bond acceptors (Lipinski definition) is 5. The highest BCUT2D eigenvalue weighted by Crippen LogP contribution is 2.53. The quantitative estimate of drug-likeness (QED) is 0.874. The number of fused-ring (bicyclic) bond motifs is 3. The molecule has 0 radical (unpaired) electrons. The van der Waals surface area contributed by atoms with Crippen LogP contribution < -0.4 is 14.2 Å². The van der Waals surface area contributed by atoms with Gasteiger partial charge in [-0.1, -0.05) is 0 Å². The Morgan fingerprint density at radius 2 is 1.96 bits per heavy atom. The highest BCUT2D eigenvalue weighted by molar-refractivity contribution is 5.84. The molecule has 3 aliphatic rings. The fourth-order valence-corrected chi connectivity index (χ4v) is 4.26. The largest absolute Gasteiger partial charge is 0.504 e. The van der Waals surface area contributed by atoms with Crippen LogP contribution in [-0.4, -0.2) is 37.5 Å². The van der Waals surface area contributed by atoms with Gasteiger partial charge in [-0.2, -0.15) is 0 Å². The Balaban J connectivity index is 1.84. The van der Waals surface area contributed by atoms with Crippen LogP contribution in [0.4, 0.5) is 0 Å². The van der Waals surface area contributed by atoms with E-state index < -0.39 is 0 Å². The molecule has 1 unspecified atom stereocenters. The van der Waals surface area contributed by atoms with Gasteiger partial charge in [-0.15, -0.1) is 0 Å². The summed E-state index contributed by atoms with van der Waals surface area (Å²) in [7, 11) is 3.75.